The molecule has 22 heavy (non-hydrogen) atoms. The number of sulfonamides is 1. The van der Waals surface area contributed by atoms with E-state index in [1.54, 1.807) is 25.1 Å². The lowest BCUT2D eigenvalue weighted by Crippen LogP contribution is -2.59. The average molecular weight is 324 g/mol. The van der Waals surface area contributed by atoms with Crippen LogP contribution in [0, 0.1) is 0 Å². The second kappa shape index (κ2) is 5.55. The van der Waals surface area contributed by atoms with Crippen LogP contribution in [0.1, 0.15) is 19.8 Å². The predicted octanol–water partition coefficient (Wildman–Crippen LogP) is 1.08. The number of carbonyl (C=O) groups is 1. The Morgan fingerprint density at radius 2 is 2.00 bits per heavy atom. The molecule has 7 heteroatoms. The lowest BCUT2D eigenvalue weighted by molar-refractivity contribution is -0.139. The van der Waals surface area contributed by atoms with Crippen molar-refractivity contribution in [2.75, 3.05) is 20.2 Å². The van der Waals surface area contributed by atoms with Crippen LogP contribution in [-0.2, 0) is 14.8 Å². The molecular formula is C15H20N2O4S. The zero-order chi connectivity index (χ0) is 15.9. The first-order valence-electron chi connectivity index (χ1n) is 7.42. The highest BCUT2D eigenvalue weighted by Crippen LogP contribution is 2.32. The number of ether oxygens (including phenoxy) is 1. The first kappa shape index (κ1) is 15.3. The van der Waals surface area contributed by atoms with Crippen LogP contribution in [-0.4, -0.2) is 55.8 Å². The standard InChI is InChI=1S/C15H20N2O4S/c1-11-15(18)16-9-5-6-12(16)10-17(11)22(19,20)14-8-4-3-7-13(14)21-2/h3-4,7-8,11-12H,5-6,9-10H2,1-2H3. The van der Waals surface area contributed by atoms with Gasteiger partial charge in [-0.15, -0.1) is 0 Å². The van der Waals surface area contributed by atoms with Crippen molar-refractivity contribution in [1.82, 2.24) is 9.21 Å². The zero-order valence-electron chi connectivity index (χ0n) is 12.7. The van der Waals surface area contributed by atoms with Crippen LogP contribution in [0.2, 0.25) is 0 Å². The normalized spacial score (nSPS) is 26.1. The lowest BCUT2D eigenvalue weighted by atomic mass is 10.1. The summed E-state index contributed by atoms with van der Waals surface area (Å²) in [6.45, 7) is 2.74. The second-order valence-electron chi connectivity index (χ2n) is 5.73. The Morgan fingerprint density at radius 1 is 1.27 bits per heavy atom. The van der Waals surface area contributed by atoms with E-state index < -0.39 is 16.1 Å². The van der Waals surface area contributed by atoms with E-state index in [2.05, 4.69) is 0 Å². The zero-order valence-corrected chi connectivity index (χ0v) is 13.5. The summed E-state index contributed by atoms with van der Waals surface area (Å²) in [5.74, 6) is 0.197. The fourth-order valence-corrected chi connectivity index (χ4v) is 5.09. The van der Waals surface area contributed by atoms with Gasteiger partial charge in [0.05, 0.1) is 7.11 Å². The quantitative estimate of drug-likeness (QED) is 0.834. The highest BCUT2D eigenvalue weighted by Gasteiger charge is 2.45. The fourth-order valence-electron chi connectivity index (χ4n) is 3.31. The number of nitrogens with zero attached hydrogens (tertiary/aromatic N) is 2. The van der Waals surface area contributed by atoms with Gasteiger partial charge in [-0.2, -0.15) is 4.31 Å². The Balaban J connectivity index is 2.00. The van der Waals surface area contributed by atoms with Crippen LogP contribution in [0.5, 0.6) is 5.75 Å². The summed E-state index contributed by atoms with van der Waals surface area (Å²) < 4.78 is 32.5. The summed E-state index contributed by atoms with van der Waals surface area (Å²) in [7, 11) is -2.32. The largest absolute Gasteiger partial charge is 0.495 e. The maximum Gasteiger partial charge on any atom is 0.247 e. The minimum atomic E-state index is -3.76. The summed E-state index contributed by atoms with van der Waals surface area (Å²) in [6.07, 6.45) is 1.79. The van der Waals surface area contributed by atoms with Crippen molar-refractivity contribution in [2.45, 2.75) is 36.7 Å². The van der Waals surface area contributed by atoms with Gasteiger partial charge in [-0.05, 0) is 31.9 Å². The minimum absolute atomic E-state index is 0.00631. The number of amides is 1. The molecule has 2 atom stereocenters. The summed E-state index contributed by atoms with van der Waals surface area (Å²) >= 11 is 0. The van der Waals surface area contributed by atoms with E-state index in [-0.39, 0.29) is 16.8 Å². The molecule has 120 valence electrons. The Hall–Kier alpha value is -1.60. The molecule has 1 amide bonds. The van der Waals surface area contributed by atoms with Crippen LogP contribution in [0.15, 0.2) is 29.2 Å². The number of para-hydroxylation sites is 1. The molecule has 3 rings (SSSR count). The number of piperazine rings is 1. The minimum Gasteiger partial charge on any atom is -0.495 e. The average Bonchev–Trinajstić information content (AvgIpc) is 2.99. The predicted molar refractivity (Wildman–Crippen MR) is 81.1 cm³/mol. The fraction of sp³-hybridized carbons (Fsp3) is 0.533. The molecule has 6 nitrogen and oxygen atoms in total. The van der Waals surface area contributed by atoms with E-state index >= 15 is 0 Å². The van der Waals surface area contributed by atoms with E-state index in [4.69, 9.17) is 4.74 Å². The van der Waals surface area contributed by atoms with Gasteiger partial charge in [0, 0.05) is 19.1 Å². The van der Waals surface area contributed by atoms with Gasteiger partial charge in [0.2, 0.25) is 15.9 Å². The Bertz CT molecular complexity index is 689. The first-order chi connectivity index (χ1) is 10.5. The van der Waals surface area contributed by atoms with E-state index in [1.807, 2.05) is 4.90 Å². The Labute approximate surface area is 130 Å². The molecule has 1 aromatic carbocycles. The van der Waals surface area contributed by atoms with Crippen molar-refractivity contribution in [2.24, 2.45) is 0 Å². The van der Waals surface area contributed by atoms with Gasteiger partial charge < -0.3 is 9.64 Å². The molecular weight excluding hydrogens is 304 g/mol. The number of fused-ring (bicyclic) bond motifs is 1. The molecule has 2 unspecified atom stereocenters. The maximum absolute atomic E-state index is 13.0. The molecule has 2 fully saturated rings. The topological polar surface area (TPSA) is 66.9 Å². The molecule has 2 saturated heterocycles. The Kier molecular flexibility index (Phi) is 3.86. The maximum atomic E-state index is 13.0. The van der Waals surface area contributed by atoms with Crippen LogP contribution >= 0.6 is 0 Å². The second-order valence-corrected chi connectivity index (χ2v) is 7.59. The molecule has 0 aliphatic carbocycles. The molecule has 0 aromatic heterocycles. The van der Waals surface area contributed by atoms with Gasteiger partial charge >= 0.3 is 0 Å². The molecule has 2 aliphatic rings. The van der Waals surface area contributed by atoms with E-state index in [0.29, 0.717) is 12.3 Å². The first-order valence-corrected chi connectivity index (χ1v) is 8.86. The van der Waals surface area contributed by atoms with Gasteiger partial charge in [0.25, 0.3) is 0 Å². The van der Waals surface area contributed by atoms with Crippen molar-refractivity contribution in [3.05, 3.63) is 24.3 Å². The number of benzene rings is 1. The Morgan fingerprint density at radius 3 is 2.73 bits per heavy atom. The van der Waals surface area contributed by atoms with E-state index in [0.717, 1.165) is 19.4 Å². The monoisotopic (exact) mass is 324 g/mol. The number of hydrogen-bond acceptors (Lipinski definition) is 4. The third-order valence-electron chi connectivity index (χ3n) is 4.50. The van der Waals surface area contributed by atoms with Gasteiger partial charge in [0.1, 0.15) is 16.7 Å². The molecule has 1 aromatic rings. The van der Waals surface area contributed by atoms with Gasteiger partial charge in [0.15, 0.2) is 0 Å². The van der Waals surface area contributed by atoms with Crippen molar-refractivity contribution in [3.63, 3.8) is 0 Å². The summed E-state index contributed by atoms with van der Waals surface area (Å²) in [5.41, 5.74) is 0. The molecule has 0 N–H and O–H groups in total. The highest BCUT2D eigenvalue weighted by atomic mass is 32.2. The van der Waals surface area contributed by atoms with Crippen molar-refractivity contribution < 1.29 is 17.9 Å². The van der Waals surface area contributed by atoms with Crippen molar-refractivity contribution in [3.8, 4) is 5.75 Å². The third-order valence-corrected chi connectivity index (χ3v) is 6.47. The highest BCUT2D eigenvalue weighted by molar-refractivity contribution is 7.89. The van der Waals surface area contributed by atoms with Gasteiger partial charge in [-0.3, -0.25) is 4.79 Å². The van der Waals surface area contributed by atoms with Crippen LogP contribution in [0.3, 0.4) is 0 Å². The number of rotatable bonds is 3. The molecule has 2 heterocycles. The van der Waals surface area contributed by atoms with E-state index in [9.17, 15) is 13.2 Å². The van der Waals surface area contributed by atoms with Gasteiger partial charge in [-0.1, -0.05) is 12.1 Å². The van der Waals surface area contributed by atoms with Crippen LogP contribution < -0.4 is 4.74 Å². The van der Waals surface area contributed by atoms with Crippen LogP contribution in [0.4, 0.5) is 0 Å². The number of carbonyl (C=O) groups excluding carboxylic acids is 1. The summed E-state index contributed by atoms with van der Waals surface area (Å²) in [6, 6.07) is 5.84. The summed E-state index contributed by atoms with van der Waals surface area (Å²) in [5, 5.41) is 0. The molecule has 0 saturated carbocycles. The molecule has 0 bridgehead atoms. The number of hydrogen-bond donors (Lipinski definition) is 0. The SMILES string of the molecule is COc1ccccc1S(=O)(=O)N1CC2CCCN2C(=O)C1C. The molecule has 0 radical (unpaired) electrons. The molecule has 2 aliphatic heterocycles. The van der Waals surface area contributed by atoms with Gasteiger partial charge in [-0.25, -0.2) is 8.42 Å². The van der Waals surface area contributed by atoms with Crippen molar-refractivity contribution >= 4 is 15.9 Å². The van der Waals surface area contributed by atoms with E-state index in [1.165, 1.54) is 17.5 Å². The smallest absolute Gasteiger partial charge is 0.247 e. The lowest BCUT2D eigenvalue weighted by Gasteiger charge is -2.40. The van der Waals surface area contributed by atoms with Crippen molar-refractivity contribution in [1.29, 1.82) is 0 Å². The number of methoxy groups -OCH3 is 1. The summed E-state index contributed by atoms with van der Waals surface area (Å²) in [4.78, 5) is 14.4. The van der Waals surface area contributed by atoms with Crippen LogP contribution in [0.25, 0.3) is 0 Å². The third kappa shape index (κ3) is 2.28. The molecule has 0 spiro atoms.